The number of hydrogen-bond donors (Lipinski definition) is 0. The van der Waals surface area contributed by atoms with E-state index in [0.29, 0.717) is 5.89 Å². The standard InChI is InChI=1S/C13H8NO.2C11H8N.Sb/c1-2-6-10(7-3-1)13-14-11-8-4-5-9-12(11)15-13;2*1-2-6-10(7-3-1)11-8-4-5-9-12-11;/h1-6,8-9H;2*1-6,8-9H;. The van der Waals surface area contributed by atoms with Gasteiger partial charge in [0.2, 0.25) is 0 Å². The molecule has 5 heteroatoms. The summed E-state index contributed by atoms with van der Waals surface area (Å²) in [5.41, 5.74) is 6.96. The zero-order valence-electron chi connectivity index (χ0n) is 21.6. The van der Waals surface area contributed by atoms with Crippen molar-refractivity contribution < 1.29 is 4.42 Å². The van der Waals surface area contributed by atoms with Crippen LogP contribution < -0.4 is 10.5 Å². The quantitative estimate of drug-likeness (QED) is 0.209. The van der Waals surface area contributed by atoms with Gasteiger partial charge in [-0.2, -0.15) is 0 Å². The fourth-order valence-electron chi connectivity index (χ4n) is 5.04. The summed E-state index contributed by atoms with van der Waals surface area (Å²) in [7, 11) is 0. The van der Waals surface area contributed by atoms with E-state index in [4.69, 9.17) is 19.4 Å². The van der Waals surface area contributed by atoms with Crippen molar-refractivity contribution >= 4 is 41.8 Å². The molecule has 0 aliphatic rings. The van der Waals surface area contributed by atoms with Gasteiger partial charge in [-0.15, -0.1) is 0 Å². The maximum absolute atomic E-state index is 6.34. The Labute approximate surface area is 240 Å². The van der Waals surface area contributed by atoms with Gasteiger partial charge in [0.25, 0.3) is 0 Å². The van der Waals surface area contributed by atoms with Gasteiger partial charge in [0.15, 0.2) is 0 Å². The summed E-state index contributed by atoms with van der Waals surface area (Å²) in [6.07, 6.45) is 3.73. The molecule has 0 aliphatic heterocycles. The number of benzene rings is 4. The summed E-state index contributed by atoms with van der Waals surface area (Å²) >= 11 is -2.80. The topological polar surface area (TPSA) is 51.8 Å². The van der Waals surface area contributed by atoms with Crippen LogP contribution in [0.3, 0.4) is 0 Å². The van der Waals surface area contributed by atoms with Gasteiger partial charge < -0.3 is 0 Å². The molecule has 0 amide bonds. The Morgan fingerprint density at radius 1 is 0.450 bits per heavy atom. The fourth-order valence-corrected chi connectivity index (χ4v) is 12.9. The predicted molar refractivity (Wildman–Crippen MR) is 163 cm³/mol. The third-order valence-electron chi connectivity index (χ3n) is 6.84. The van der Waals surface area contributed by atoms with E-state index in [0.717, 1.165) is 39.2 Å². The maximum atomic E-state index is 6.34. The minimum atomic E-state index is -2.80. The molecule has 4 nitrogen and oxygen atoms in total. The first kappa shape index (κ1) is 24.5. The van der Waals surface area contributed by atoms with Crippen molar-refractivity contribution in [3.63, 3.8) is 0 Å². The van der Waals surface area contributed by atoms with Gasteiger partial charge in [-0.1, -0.05) is 0 Å². The van der Waals surface area contributed by atoms with Gasteiger partial charge in [0, 0.05) is 0 Å². The molecule has 7 rings (SSSR count). The zero-order valence-corrected chi connectivity index (χ0v) is 24.1. The molecular weight excluding hydrogens is 600 g/mol. The van der Waals surface area contributed by atoms with Crippen LogP contribution >= 0.6 is 0 Å². The predicted octanol–water partition coefficient (Wildman–Crippen LogP) is 6.14. The summed E-state index contributed by atoms with van der Waals surface area (Å²) in [5, 5.41) is 0. The van der Waals surface area contributed by atoms with Crippen molar-refractivity contribution in [2.45, 2.75) is 0 Å². The molecule has 190 valence electrons. The van der Waals surface area contributed by atoms with Crippen molar-refractivity contribution in [2.24, 2.45) is 0 Å². The van der Waals surface area contributed by atoms with E-state index in [1.807, 2.05) is 48.8 Å². The Morgan fingerprint density at radius 3 is 1.48 bits per heavy atom. The van der Waals surface area contributed by atoms with Crippen LogP contribution in [-0.2, 0) is 0 Å². The van der Waals surface area contributed by atoms with Gasteiger partial charge in [0.1, 0.15) is 0 Å². The SMILES string of the molecule is c1ccc(-c2cccc[c]2[Sb]([c]2ccccc2-c2ccccn2)[c]2ccccc2-c2nc3ccccc3o2)nc1. The van der Waals surface area contributed by atoms with E-state index < -0.39 is 20.2 Å². The molecule has 7 aromatic rings. The molecule has 0 atom stereocenters. The van der Waals surface area contributed by atoms with E-state index in [9.17, 15) is 0 Å². The first-order valence-electron chi connectivity index (χ1n) is 13.1. The Bertz CT molecular complexity index is 1800. The molecule has 0 N–H and O–H groups in total. The Kier molecular flexibility index (Phi) is 6.69. The number of oxazole rings is 1. The molecule has 0 saturated carbocycles. The van der Waals surface area contributed by atoms with Gasteiger partial charge >= 0.3 is 241 Å². The summed E-state index contributed by atoms with van der Waals surface area (Å²) in [4.78, 5) is 14.4. The van der Waals surface area contributed by atoms with E-state index >= 15 is 0 Å². The zero-order chi connectivity index (χ0) is 26.7. The number of para-hydroxylation sites is 2. The van der Waals surface area contributed by atoms with E-state index in [-0.39, 0.29) is 0 Å². The van der Waals surface area contributed by atoms with Crippen LogP contribution in [0.15, 0.2) is 150 Å². The molecule has 40 heavy (non-hydrogen) atoms. The van der Waals surface area contributed by atoms with Crippen molar-refractivity contribution in [3.8, 4) is 34.0 Å². The molecule has 0 fully saturated rings. The summed E-state index contributed by atoms with van der Waals surface area (Å²) < 4.78 is 10.3. The average Bonchev–Trinajstić information content (AvgIpc) is 3.47. The Morgan fingerprint density at radius 2 is 0.925 bits per heavy atom. The second-order valence-corrected chi connectivity index (χ2v) is 15.3. The summed E-state index contributed by atoms with van der Waals surface area (Å²) in [6.45, 7) is 0. The molecule has 4 aromatic carbocycles. The first-order chi connectivity index (χ1) is 19.9. The molecule has 0 saturated heterocycles. The van der Waals surface area contributed by atoms with E-state index in [2.05, 4.69) is 97.1 Å². The molecule has 3 aromatic heterocycles. The van der Waals surface area contributed by atoms with Gasteiger partial charge in [-0.3, -0.25) is 0 Å². The monoisotopic (exact) mass is 623 g/mol. The second kappa shape index (κ2) is 10.9. The number of fused-ring (bicyclic) bond motifs is 1. The van der Waals surface area contributed by atoms with Crippen LogP contribution in [0.5, 0.6) is 0 Å². The molecule has 0 aliphatic carbocycles. The fraction of sp³-hybridized carbons (Fsp3) is 0. The molecule has 0 radical (unpaired) electrons. The molecular formula is C35H24N3OSb. The number of rotatable bonds is 6. The Hall–Kier alpha value is -4.53. The molecule has 0 unspecified atom stereocenters. The first-order valence-corrected chi connectivity index (χ1v) is 17.0. The van der Waals surface area contributed by atoms with Crippen LogP contribution in [0, 0.1) is 0 Å². The molecule has 0 spiro atoms. The van der Waals surface area contributed by atoms with Gasteiger partial charge in [0.05, 0.1) is 0 Å². The van der Waals surface area contributed by atoms with Crippen LogP contribution in [0.2, 0.25) is 0 Å². The number of aromatic nitrogens is 3. The molecule has 3 heterocycles. The summed E-state index contributed by atoms with van der Waals surface area (Å²) in [5.74, 6) is 0.650. The third kappa shape index (κ3) is 4.61. The van der Waals surface area contributed by atoms with Crippen LogP contribution in [0.25, 0.3) is 45.1 Å². The van der Waals surface area contributed by atoms with Gasteiger partial charge in [-0.05, 0) is 0 Å². The van der Waals surface area contributed by atoms with Crippen LogP contribution in [0.4, 0.5) is 0 Å². The second-order valence-electron chi connectivity index (χ2n) is 9.30. The van der Waals surface area contributed by atoms with Gasteiger partial charge in [-0.25, -0.2) is 0 Å². The van der Waals surface area contributed by atoms with Crippen molar-refractivity contribution in [3.05, 3.63) is 146 Å². The van der Waals surface area contributed by atoms with Crippen LogP contribution in [0.1, 0.15) is 0 Å². The van der Waals surface area contributed by atoms with E-state index in [1.54, 1.807) is 0 Å². The number of hydrogen-bond acceptors (Lipinski definition) is 4. The van der Waals surface area contributed by atoms with Crippen molar-refractivity contribution in [1.82, 2.24) is 15.0 Å². The normalized spacial score (nSPS) is 11.2. The third-order valence-corrected chi connectivity index (χ3v) is 14.3. The van der Waals surface area contributed by atoms with Crippen molar-refractivity contribution in [2.75, 3.05) is 0 Å². The number of pyridine rings is 2. The summed E-state index contributed by atoms with van der Waals surface area (Å²) in [6, 6.07) is 46.2. The van der Waals surface area contributed by atoms with Crippen molar-refractivity contribution in [1.29, 1.82) is 0 Å². The van der Waals surface area contributed by atoms with Crippen LogP contribution in [-0.4, -0.2) is 35.2 Å². The molecule has 0 bridgehead atoms. The average molecular weight is 624 g/mol. The minimum absolute atomic E-state index is 0.650. The Balaban J connectivity index is 1.52. The van der Waals surface area contributed by atoms with E-state index in [1.165, 1.54) is 10.5 Å². The number of nitrogens with zero attached hydrogens (tertiary/aromatic N) is 3.